The van der Waals surface area contributed by atoms with Crippen molar-refractivity contribution < 1.29 is 14.3 Å². The van der Waals surface area contributed by atoms with E-state index in [9.17, 15) is 4.79 Å². The molecule has 1 amide bonds. The number of hydrogen-bond donors (Lipinski definition) is 1. The number of nitrogens with zero attached hydrogens (tertiary/aromatic N) is 1. The van der Waals surface area contributed by atoms with Crippen LogP contribution in [0.3, 0.4) is 0 Å². The molecule has 0 saturated heterocycles. The Bertz CT molecular complexity index is 967. The molecule has 1 aromatic heterocycles. The van der Waals surface area contributed by atoms with E-state index in [-0.39, 0.29) is 12.5 Å². The highest BCUT2D eigenvalue weighted by Crippen LogP contribution is 2.30. The number of para-hydroxylation sites is 2. The van der Waals surface area contributed by atoms with Gasteiger partial charge in [0, 0.05) is 46.7 Å². The Morgan fingerprint density at radius 1 is 1.23 bits per heavy atom. The lowest BCUT2D eigenvalue weighted by Gasteiger charge is -2.27. The van der Waals surface area contributed by atoms with Crippen molar-refractivity contribution in [1.29, 1.82) is 0 Å². The second-order valence-corrected chi connectivity index (χ2v) is 6.71. The second-order valence-electron chi connectivity index (χ2n) is 6.28. The van der Waals surface area contributed by atoms with E-state index in [0.717, 1.165) is 22.9 Å². The SMILES string of the molecule is COc1ccccc1OCC(=O)N1CCc2[nH]c3ccc(Cl)cc3c2C1. The molecule has 0 bridgehead atoms. The van der Waals surface area contributed by atoms with Crippen molar-refractivity contribution >= 4 is 28.4 Å². The molecule has 5 nitrogen and oxygen atoms in total. The topological polar surface area (TPSA) is 54.6 Å². The van der Waals surface area contributed by atoms with Crippen molar-refractivity contribution in [2.45, 2.75) is 13.0 Å². The fourth-order valence-electron chi connectivity index (χ4n) is 3.37. The number of methoxy groups -OCH3 is 1. The van der Waals surface area contributed by atoms with E-state index in [2.05, 4.69) is 4.98 Å². The number of ether oxygens (including phenoxy) is 2. The Morgan fingerprint density at radius 2 is 2.04 bits per heavy atom. The fourth-order valence-corrected chi connectivity index (χ4v) is 3.54. The molecule has 0 radical (unpaired) electrons. The Kier molecular flexibility index (Phi) is 4.47. The minimum atomic E-state index is -0.0436. The van der Waals surface area contributed by atoms with Crippen molar-refractivity contribution in [2.24, 2.45) is 0 Å². The summed E-state index contributed by atoms with van der Waals surface area (Å²) in [6, 6.07) is 13.1. The van der Waals surface area contributed by atoms with Gasteiger partial charge in [0.25, 0.3) is 5.91 Å². The molecule has 0 aliphatic carbocycles. The third-order valence-corrected chi connectivity index (χ3v) is 4.95. The summed E-state index contributed by atoms with van der Waals surface area (Å²) < 4.78 is 10.9. The predicted molar refractivity (Wildman–Crippen MR) is 101 cm³/mol. The number of carbonyl (C=O) groups is 1. The molecule has 6 heteroatoms. The predicted octanol–water partition coefficient (Wildman–Crippen LogP) is 3.79. The molecule has 1 aliphatic heterocycles. The number of amides is 1. The van der Waals surface area contributed by atoms with Gasteiger partial charge in [0.15, 0.2) is 18.1 Å². The monoisotopic (exact) mass is 370 g/mol. The van der Waals surface area contributed by atoms with Crippen molar-refractivity contribution in [2.75, 3.05) is 20.3 Å². The van der Waals surface area contributed by atoms with Crippen LogP contribution in [0.2, 0.25) is 5.02 Å². The smallest absolute Gasteiger partial charge is 0.260 e. The number of carbonyl (C=O) groups excluding carboxylic acids is 1. The van der Waals surface area contributed by atoms with E-state index in [0.29, 0.717) is 29.6 Å². The van der Waals surface area contributed by atoms with E-state index >= 15 is 0 Å². The number of hydrogen-bond acceptors (Lipinski definition) is 3. The van der Waals surface area contributed by atoms with E-state index in [4.69, 9.17) is 21.1 Å². The summed E-state index contributed by atoms with van der Waals surface area (Å²) in [5, 5.41) is 1.78. The van der Waals surface area contributed by atoms with Crippen molar-refractivity contribution in [3.63, 3.8) is 0 Å². The summed E-state index contributed by atoms with van der Waals surface area (Å²) in [6.07, 6.45) is 0.794. The first-order valence-electron chi connectivity index (χ1n) is 8.48. The molecule has 2 aromatic carbocycles. The average molecular weight is 371 g/mol. The number of H-pyrrole nitrogens is 1. The molecule has 1 N–H and O–H groups in total. The lowest BCUT2D eigenvalue weighted by Crippen LogP contribution is -2.38. The Labute approximate surface area is 156 Å². The summed E-state index contributed by atoms with van der Waals surface area (Å²) >= 11 is 6.14. The third kappa shape index (κ3) is 3.10. The Morgan fingerprint density at radius 3 is 2.85 bits per heavy atom. The molecule has 0 unspecified atom stereocenters. The van der Waals surface area contributed by atoms with Crippen LogP contribution < -0.4 is 9.47 Å². The minimum absolute atomic E-state index is 0.0151. The van der Waals surface area contributed by atoms with Crippen molar-refractivity contribution in [3.8, 4) is 11.5 Å². The zero-order chi connectivity index (χ0) is 18.1. The quantitative estimate of drug-likeness (QED) is 0.760. The van der Waals surface area contributed by atoms with Gasteiger partial charge in [-0.1, -0.05) is 23.7 Å². The summed E-state index contributed by atoms with van der Waals surface area (Å²) in [4.78, 5) is 17.9. The maximum Gasteiger partial charge on any atom is 0.260 e. The first-order valence-corrected chi connectivity index (χ1v) is 8.86. The highest BCUT2D eigenvalue weighted by molar-refractivity contribution is 6.31. The van der Waals surface area contributed by atoms with Crippen molar-refractivity contribution in [1.82, 2.24) is 9.88 Å². The molecule has 0 saturated carbocycles. The highest BCUT2D eigenvalue weighted by atomic mass is 35.5. The average Bonchev–Trinajstić information content (AvgIpc) is 3.03. The lowest BCUT2D eigenvalue weighted by molar-refractivity contribution is -0.134. The van der Waals surface area contributed by atoms with Gasteiger partial charge in [-0.2, -0.15) is 0 Å². The van der Waals surface area contributed by atoms with Crippen LogP contribution in [0.5, 0.6) is 11.5 Å². The Hall–Kier alpha value is -2.66. The second kappa shape index (κ2) is 6.92. The molecule has 134 valence electrons. The van der Waals surface area contributed by atoms with Gasteiger partial charge in [0.2, 0.25) is 0 Å². The maximum atomic E-state index is 12.6. The zero-order valence-electron chi connectivity index (χ0n) is 14.4. The van der Waals surface area contributed by atoms with Crippen molar-refractivity contribution in [3.05, 3.63) is 58.7 Å². The molecular formula is C20H19ClN2O3. The number of aromatic nitrogens is 1. The molecule has 2 heterocycles. The molecule has 3 aromatic rings. The standard InChI is InChI=1S/C20H19ClN2O3/c1-25-18-4-2-3-5-19(18)26-12-20(24)23-9-8-17-15(11-23)14-10-13(21)6-7-16(14)22-17/h2-7,10,22H,8-9,11-12H2,1H3. The molecular weight excluding hydrogens is 352 g/mol. The maximum absolute atomic E-state index is 12.6. The van der Waals surface area contributed by atoms with E-state index in [1.807, 2.05) is 41.3 Å². The van der Waals surface area contributed by atoms with E-state index in [1.165, 1.54) is 5.69 Å². The van der Waals surface area contributed by atoms with Crippen LogP contribution in [0.25, 0.3) is 10.9 Å². The van der Waals surface area contributed by atoms with E-state index < -0.39 is 0 Å². The van der Waals surface area contributed by atoms with Gasteiger partial charge in [-0.15, -0.1) is 0 Å². The number of benzene rings is 2. The van der Waals surface area contributed by atoms with Crippen LogP contribution in [-0.4, -0.2) is 36.1 Å². The van der Waals surface area contributed by atoms with Gasteiger partial charge in [-0.05, 0) is 30.3 Å². The van der Waals surface area contributed by atoms with Gasteiger partial charge in [0.05, 0.1) is 7.11 Å². The van der Waals surface area contributed by atoms with E-state index in [1.54, 1.807) is 13.2 Å². The minimum Gasteiger partial charge on any atom is -0.493 e. The summed E-state index contributed by atoms with van der Waals surface area (Å²) in [5.41, 5.74) is 3.37. The number of rotatable bonds is 4. The largest absolute Gasteiger partial charge is 0.493 e. The lowest BCUT2D eigenvalue weighted by atomic mass is 10.0. The number of fused-ring (bicyclic) bond motifs is 3. The normalized spacial score (nSPS) is 13.5. The zero-order valence-corrected chi connectivity index (χ0v) is 15.2. The van der Waals surface area contributed by atoms with Gasteiger partial charge >= 0.3 is 0 Å². The number of halogens is 1. The Balaban J connectivity index is 1.49. The summed E-state index contributed by atoms with van der Waals surface area (Å²) in [6.45, 7) is 1.21. The van der Waals surface area contributed by atoms with Crippen LogP contribution in [0.1, 0.15) is 11.3 Å². The van der Waals surface area contributed by atoms with Crippen LogP contribution in [0.4, 0.5) is 0 Å². The molecule has 0 atom stereocenters. The van der Waals surface area contributed by atoms with Crippen LogP contribution >= 0.6 is 11.6 Å². The van der Waals surface area contributed by atoms with Gasteiger partial charge in [-0.25, -0.2) is 0 Å². The number of aromatic amines is 1. The molecule has 0 fully saturated rings. The molecule has 1 aliphatic rings. The highest BCUT2D eigenvalue weighted by Gasteiger charge is 2.24. The van der Waals surface area contributed by atoms with Crippen LogP contribution in [0, 0.1) is 0 Å². The molecule has 4 rings (SSSR count). The fraction of sp³-hybridized carbons (Fsp3) is 0.250. The van der Waals surface area contributed by atoms with Gasteiger partial charge < -0.3 is 19.4 Å². The first kappa shape index (κ1) is 16.8. The van der Waals surface area contributed by atoms with Gasteiger partial charge in [-0.3, -0.25) is 4.79 Å². The summed E-state index contributed by atoms with van der Waals surface area (Å²) in [7, 11) is 1.58. The number of nitrogens with one attached hydrogen (secondary N) is 1. The molecule has 26 heavy (non-hydrogen) atoms. The van der Waals surface area contributed by atoms with Crippen LogP contribution in [-0.2, 0) is 17.8 Å². The van der Waals surface area contributed by atoms with Gasteiger partial charge in [0.1, 0.15) is 0 Å². The van der Waals surface area contributed by atoms with Crippen LogP contribution in [0.15, 0.2) is 42.5 Å². The third-order valence-electron chi connectivity index (χ3n) is 4.71. The summed E-state index contributed by atoms with van der Waals surface area (Å²) in [5.74, 6) is 1.14. The first-order chi connectivity index (χ1) is 12.7. The molecule has 0 spiro atoms.